The highest BCUT2D eigenvalue weighted by atomic mass is 32.2. The summed E-state index contributed by atoms with van der Waals surface area (Å²) in [5.41, 5.74) is 0.972. The van der Waals surface area contributed by atoms with Crippen LogP contribution in [0.3, 0.4) is 0 Å². The molecule has 0 fully saturated rings. The first-order valence-electron chi connectivity index (χ1n) is 8.22. The third-order valence-corrected chi connectivity index (χ3v) is 7.51. The van der Waals surface area contributed by atoms with Crippen molar-refractivity contribution < 1.29 is 14.3 Å². The average Bonchev–Trinajstić information content (AvgIpc) is 3.32. The number of carbonyl (C=O) groups is 2. The van der Waals surface area contributed by atoms with Gasteiger partial charge in [-0.3, -0.25) is 0 Å². The van der Waals surface area contributed by atoms with Crippen molar-refractivity contribution in [3.63, 3.8) is 0 Å². The molecule has 1 aliphatic heterocycles. The molecule has 0 saturated carbocycles. The molecule has 7 nitrogen and oxygen atoms in total. The van der Waals surface area contributed by atoms with Gasteiger partial charge < -0.3 is 15.4 Å². The molecule has 1 aliphatic rings. The van der Waals surface area contributed by atoms with Crippen LogP contribution in [0, 0.1) is 0 Å². The van der Waals surface area contributed by atoms with E-state index in [1.165, 1.54) is 34.4 Å². The average molecular weight is 443 g/mol. The molecule has 2 N–H and O–H groups in total. The predicted molar refractivity (Wildman–Crippen MR) is 109 cm³/mol. The fraction of sp³-hybridized carbons (Fsp3) is 0.375. The number of ether oxygens (including phenoxy) is 1. The first-order valence-corrected chi connectivity index (χ1v) is 11.9. The van der Waals surface area contributed by atoms with Crippen LogP contribution < -0.4 is 10.6 Å². The van der Waals surface area contributed by atoms with Crippen molar-refractivity contribution in [2.24, 2.45) is 0 Å². The number of urea groups is 1. The summed E-state index contributed by atoms with van der Waals surface area (Å²) in [6, 6.07) is 2.93. The van der Waals surface area contributed by atoms with Gasteiger partial charge in [-0.1, -0.05) is 47.9 Å². The topological polar surface area (TPSA) is 93.2 Å². The Morgan fingerprint density at radius 1 is 1.30 bits per heavy atom. The zero-order valence-corrected chi connectivity index (χ0v) is 17.9. The van der Waals surface area contributed by atoms with Crippen LogP contribution in [0.1, 0.15) is 24.8 Å². The molecule has 0 saturated heterocycles. The highest BCUT2D eigenvalue weighted by molar-refractivity contribution is 8.03. The number of nitrogens with zero attached hydrogens (tertiary/aromatic N) is 2. The van der Waals surface area contributed by atoms with Crippen LogP contribution in [0.5, 0.6) is 0 Å². The van der Waals surface area contributed by atoms with Gasteiger partial charge in [0.1, 0.15) is 0 Å². The third-order valence-electron chi connectivity index (χ3n) is 3.47. The second-order valence-electron chi connectivity index (χ2n) is 5.22. The van der Waals surface area contributed by atoms with Crippen molar-refractivity contribution in [3.8, 4) is 0 Å². The molecule has 0 spiro atoms. The zero-order chi connectivity index (χ0) is 19.2. The minimum Gasteiger partial charge on any atom is -0.463 e. The molecule has 2 aromatic heterocycles. The van der Waals surface area contributed by atoms with Gasteiger partial charge >= 0.3 is 12.0 Å². The van der Waals surface area contributed by atoms with Gasteiger partial charge in [-0.15, -0.1) is 21.5 Å². The molecular weight excluding hydrogens is 424 g/mol. The molecule has 3 rings (SSSR count). The summed E-state index contributed by atoms with van der Waals surface area (Å²) in [5.74, 6) is 0.898. The van der Waals surface area contributed by atoms with Crippen LogP contribution in [0.2, 0.25) is 0 Å². The minimum atomic E-state index is -0.519. The van der Waals surface area contributed by atoms with Gasteiger partial charge in [0.05, 0.1) is 18.2 Å². The zero-order valence-electron chi connectivity index (χ0n) is 14.7. The second kappa shape index (κ2) is 9.58. The molecule has 0 bridgehead atoms. The summed E-state index contributed by atoms with van der Waals surface area (Å²) >= 11 is 6.06. The van der Waals surface area contributed by atoms with Crippen molar-refractivity contribution in [2.75, 3.05) is 18.1 Å². The number of hydrogen-bond acceptors (Lipinski definition) is 9. The number of aromatic nitrogens is 2. The van der Waals surface area contributed by atoms with Gasteiger partial charge in [0, 0.05) is 16.3 Å². The van der Waals surface area contributed by atoms with E-state index in [1.807, 2.05) is 17.5 Å². The van der Waals surface area contributed by atoms with E-state index in [1.54, 1.807) is 18.7 Å². The fourth-order valence-electron chi connectivity index (χ4n) is 2.42. The van der Waals surface area contributed by atoms with Crippen LogP contribution >= 0.6 is 46.2 Å². The van der Waals surface area contributed by atoms with E-state index in [9.17, 15) is 9.59 Å². The molecule has 0 aliphatic carbocycles. The quantitative estimate of drug-likeness (QED) is 0.476. The van der Waals surface area contributed by atoms with E-state index < -0.39 is 12.0 Å². The molecule has 0 radical (unpaired) electrons. The van der Waals surface area contributed by atoms with Gasteiger partial charge in [0.15, 0.2) is 8.68 Å². The van der Waals surface area contributed by atoms with Gasteiger partial charge in [0.2, 0.25) is 0 Å². The summed E-state index contributed by atoms with van der Waals surface area (Å²) < 4.78 is 6.94. The Labute approximate surface area is 173 Å². The van der Waals surface area contributed by atoms with E-state index in [4.69, 9.17) is 4.74 Å². The van der Waals surface area contributed by atoms with Crippen molar-refractivity contribution in [2.45, 2.75) is 28.6 Å². The minimum absolute atomic E-state index is 0.266. The van der Waals surface area contributed by atoms with Crippen LogP contribution in [-0.2, 0) is 9.53 Å². The normalized spacial score (nSPS) is 16.8. The summed E-state index contributed by atoms with van der Waals surface area (Å²) in [7, 11) is 0. The van der Waals surface area contributed by atoms with Gasteiger partial charge in [-0.05, 0) is 24.1 Å². The molecule has 11 heteroatoms. The summed E-state index contributed by atoms with van der Waals surface area (Å²) in [6.45, 7) is 4.09. The Bertz CT molecular complexity index is 835. The highest BCUT2D eigenvalue weighted by Gasteiger charge is 2.34. The van der Waals surface area contributed by atoms with Crippen molar-refractivity contribution >= 4 is 58.2 Å². The maximum absolute atomic E-state index is 12.6. The Balaban J connectivity index is 1.86. The lowest BCUT2D eigenvalue weighted by Crippen LogP contribution is -2.46. The molecule has 1 atom stereocenters. The first-order chi connectivity index (χ1) is 13.1. The Morgan fingerprint density at radius 2 is 2.07 bits per heavy atom. The highest BCUT2D eigenvalue weighted by Crippen LogP contribution is 2.34. The molecule has 27 heavy (non-hydrogen) atoms. The fourth-order valence-corrected chi connectivity index (χ4v) is 6.09. The molecule has 3 heterocycles. The molecular formula is C16H18N4O3S4. The lowest BCUT2D eigenvalue weighted by molar-refractivity contribution is -0.139. The molecule has 2 amide bonds. The standard InChI is InChI=1S/C16H18N4O3S4/c1-3-23-13(21)11-9(8-26-16-20-19-15(27-16)24-4-2)17-14(22)18-12(11)10-6-5-7-25-10/h5-7,12H,3-4,8H2,1-2H3,(H2,17,18,22)/t12-/m1/s1. The van der Waals surface area contributed by atoms with Crippen LogP contribution in [-0.4, -0.2) is 40.3 Å². The van der Waals surface area contributed by atoms with Gasteiger partial charge in [-0.25, -0.2) is 9.59 Å². The summed E-state index contributed by atoms with van der Waals surface area (Å²) in [4.78, 5) is 25.7. The van der Waals surface area contributed by atoms with E-state index in [-0.39, 0.29) is 12.6 Å². The second-order valence-corrected chi connectivity index (χ2v) is 9.91. The van der Waals surface area contributed by atoms with E-state index in [2.05, 4.69) is 27.8 Å². The Morgan fingerprint density at radius 3 is 2.74 bits per heavy atom. The molecule has 2 aromatic rings. The number of thioether (sulfide) groups is 2. The SMILES string of the molecule is CCOC(=O)C1=C(CSc2nnc(SCC)s2)NC(=O)N[C@@H]1c1cccs1. The van der Waals surface area contributed by atoms with Crippen molar-refractivity contribution in [1.29, 1.82) is 0 Å². The van der Waals surface area contributed by atoms with Crippen LogP contribution in [0.15, 0.2) is 37.5 Å². The number of hydrogen-bond donors (Lipinski definition) is 2. The van der Waals surface area contributed by atoms with Crippen molar-refractivity contribution in [3.05, 3.63) is 33.7 Å². The van der Waals surface area contributed by atoms with E-state index in [0.717, 1.165) is 19.3 Å². The monoisotopic (exact) mass is 442 g/mol. The maximum Gasteiger partial charge on any atom is 0.338 e. The third kappa shape index (κ3) is 5.03. The summed E-state index contributed by atoms with van der Waals surface area (Å²) in [5, 5.41) is 15.8. The number of amides is 2. The molecule has 144 valence electrons. The Hall–Kier alpha value is -1.56. The number of nitrogens with one attached hydrogen (secondary N) is 2. The smallest absolute Gasteiger partial charge is 0.338 e. The van der Waals surface area contributed by atoms with Crippen molar-refractivity contribution in [1.82, 2.24) is 20.8 Å². The van der Waals surface area contributed by atoms with E-state index in [0.29, 0.717) is 17.0 Å². The number of thiophene rings is 1. The number of carbonyl (C=O) groups excluding carboxylic acids is 2. The first kappa shape index (κ1) is 20.2. The molecule has 0 aromatic carbocycles. The molecule has 0 unspecified atom stereocenters. The van der Waals surface area contributed by atoms with Crippen LogP contribution in [0.4, 0.5) is 4.79 Å². The predicted octanol–water partition coefficient (Wildman–Crippen LogP) is 3.68. The van der Waals surface area contributed by atoms with Gasteiger partial charge in [-0.2, -0.15) is 0 Å². The summed E-state index contributed by atoms with van der Waals surface area (Å²) in [6.07, 6.45) is 0. The number of esters is 1. The van der Waals surface area contributed by atoms with Crippen LogP contribution in [0.25, 0.3) is 0 Å². The Kier molecular flexibility index (Phi) is 7.16. The van der Waals surface area contributed by atoms with E-state index >= 15 is 0 Å². The lowest BCUT2D eigenvalue weighted by Gasteiger charge is -2.28. The van der Waals surface area contributed by atoms with Gasteiger partial charge in [0.25, 0.3) is 0 Å². The largest absolute Gasteiger partial charge is 0.463 e. The number of rotatable bonds is 8. The lowest BCUT2D eigenvalue weighted by atomic mass is 10.0. The maximum atomic E-state index is 12.6.